The highest BCUT2D eigenvalue weighted by Crippen LogP contribution is 2.37. The number of hydrogen-bond donors (Lipinski definition) is 0. The average molecular weight is 463 g/mol. The molecule has 0 aliphatic carbocycles. The highest BCUT2D eigenvalue weighted by atomic mass is 32.2. The molecule has 0 saturated carbocycles. The van der Waals surface area contributed by atoms with Crippen LogP contribution in [0.3, 0.4) is 0 Å². The van der Waals surface area contributed by atoms with Gasteiger partial charge in [0.1, 0.15) is 15.0 Å². The van der Waals surface area contributed by atoms with Crippen LogP contribution >= 0.6 is 35.3 Å². The molecule has 5 nitrogen and oxygen atoms in total. The van der Waals surface area contributed by atoms with Gasteiger partial charge in [0.25, 0.3) is 5.91 Å². The minimum absolute atomic E-state index is 0.0224. The van der Waals surface area contributed by atoms with Crippen LogP contribution in [0, 0.1) is 0 Å². The molecule has 1 saturated heterocycles. The number of thioether (sulfide) groups is 1. The Labute approximate surface area is 193 Å². The number of nitrogens with zero attached hydrogens (tertiary/aromatic N) is 4. The molecule has 0 N–H and O–H groups in total. The first-order valence-corrected chi connectivity index (χ1v) is 11.8. The molecule has 0 bridgehead atoms. The summed E-state index contributed by atoms with van der Waals surface area (Å²) in [6.45, 7) is 3.93. The lowest BCUT2D eigenvalue weighted by molar-refractivity contribution is -0.123. The van der Waals surface area contributed by atoms with E-state index in [1.807, 2.05) is 79.3 Å². The van der Waals surface area contributed by atoms with Crippen LogP contribution in [0.5, 0.6) is 0 Å². The summed E-state index contributed by atoms with van der Waals surface area (Å²) >= 11 is 8.36. The lowest BCUT2D eigenvalue weighted by atomic mass is 10.2. The highest BCUT2D eigenvalue weighted by molar-refractivity contribution is 8.26. The van der Waals surface area contributed by atoms with E-state index in [4.69, 9.17) is 22.3 Å². The SMILES string of the molecule is CC(C)N1C(=O)/C(=C\c2cn(-c3ccccc3)nc2-c2nc3ccccc3s2)SC1=S. The van der Waals surface area contributed by atoms with Crippen LogP contribution in [0.1, 0.15) is 19.4 Å². The van der Waals surface area contributed by atoms with Crippen LogP contribution in [0.4, 0.5) is 0 Å². The number of fused-ring (bicyclic) bond motifs is 1. The van der Waals surface area contributed by atoms with E-state index in [0.717, 1.165) is 32.2 Å². The van der Waals surface area contributed by atoms with Gasteiger partial charge in [-0.1, -0.05) is 54.3 Å². The Morgan fingerprint density at radius 1 is 1.06 bits per heavy atom. The minimum Gasteiger partial charge on any atom is -0.290 e. The first-order chi connectivity index (χ1) is 15.0. The van der Waals surface area contributed by atoms with Gasteiger partial charge in [0, 0.05) is 17.8 Å². The molecule has 1 aliphatic heterocycles. The topological polar surface area (TPSA) is 51.0 Å². The van der Waals surface area contributed by atoms with Gasteiger partial charge in [-0.05, 0) is 44.2 Å². The highest BCUT2D eigenvalue weighted by Gasteiger charge is 2.34. The number of para-hydroxylation sites is 2. The zero-order valence-electron chi connectivity index (χ0n) is 16.9. The number of rotatable bonds is 4. The fourth-order valence-corrected chi connectivity index (χ4v) is 5.90. The third-order valence-corrected chi connectivity index (χ3v) is 7.26. The molecule has 3 heterocycles. The van der Waals surface area contributed by atoms with Gasteiger partial charge in [0.2, 0.25) is 0 Å². The van der Waals surface area contributed by atoms with Crippen molar-refractivity contribution >= 4 is 61.8 Å². The molecule has 0 spiro atoms. The van der Waals surface area contributed by atoms with E-state index in [0.29, 0.717) is 9.23 Å². The smallest absolute Gasteiger partial charge is 0.266 e. The largest absolute Gasteiger partial charge is 0.290 e. The third-order valence-electron chi connectivity index (χ3n) is 4.89. The number of carbonyl (C=O) groups is 1. The quantitative estimate of drug-likeness (QED) is 0.285. The minimum atomic E-state index is -0.0623. The predicted octanol–water partition coefficient (Wildman–Crippen LogP) is 5.76. The summed E-state index contributed by atoms with van der Waals surface area (Å²) in [6.07, 6.45) is 3.83. The number of amides is 1. The normalized spacial score (nSPS) is 15.7. The number of carbonyl (C=O) groups excluding carboxylic acids is 1. The van der Waals surface area contributed by atoms with Crippen LogP contribution in [0.15, 0.2) is 65.7 Å². The van der Waals surface area contributed by atoms with E-state index < -0.39 is 0 Å². The fourth-order valence-electron chi connectivity index (χ4n) is 3.41. The van der Waals surface area contributed by atoms with Gasteiger partial charge < -0.3 is 0 Å². The maximum absolute atomic E-state index is 12.9. The van der Waals surface area contributed by atoms with Crippen molar-refractivity contribution in [1.82, 2.24) is 19.7 Å². The Kier molecular flexibility index (Phi) is 5.21. The number of thiocarbonyl (C=S) groups is 1. The van der Waals surface area contributed by atoms with Gasteiger partial charge >= 0.3 is 0 Å². The lowest BCUT2D eigenvalue weighted by Gasteiger charge is -2.18. The monoisotopic (exact) mass is 462 g/mol. The lowest BCUT2D eigenvalue weighted by Crippen LogP contribution is -2.34. The van der Waals surface area contributed by atoms with E-state index in [2.05, 4.69) is 6.07 Å². The fraction of sp³-hybridized carbons (Fsp3) is 0.130. The van der Waals surface area contributed by atoms with Gasteiger partial charge in [-0.3, -0.25) is 9.69 Å². The molecule has 5 rings (SSSR count). The molecule has 0 radical (unpaired) electrons. The number of hydrogen-bond acceptors (Lipinski definition) is 6. The molecular weight excluding hydrogens is 444 g/mol. The first kappa shape index (κ1) is 20.1. The second-order valence-corrected chi connectivity index (χ2v) is 10.1. The van der Waals surface area contributed by atoms with Crippen molar-refractivity contribution in [1.29, 1.82) is 0 Å². The molecule has 2 aromatic heterocycles. The summed E-state index contributed by atoms with van der Waals surface area (Å²) < 4.78 is 3.52. The van der Waals surface area contributed by atoms with E-state index in [1.165, 1.54) is 11.8 Å². The van der Waals surface area contributed by atoms with Gasteiger partial charge in [-0.25, -0.2) is 9.67 Å². The second kappa shape index (κ2) is 8.03. The van der Waals surface area contributed by atoms with E-state index in [9.17, 15) is 4.79 Å². The standard InChI is InChI=1S/C23H18N4OS3/c1-14(2)27-22(28)19(31-23(27)29)12-15-13-26(16-8-4-3-5-9-16)25-20(15)21-24-17-10-6-7-11-18(17)30-21/h3-14H,1-2H3/b19-12+. The van der Waals surface area contributed by atoms with Crippen molar-refractivity contribution in [2.24, 2.45) is 0 Å². The Bertz CT molecular complexity index is 1300. The average Bonchev–Trinajstić information content (AvgIpc) is 3.44. The molecule has 31 heavy (non-hydrogen) atoms. The van der Waals surface area contributed by atoms with Crippen molar-refractivity contribution in [3.05, 3.63) is 71.3 Å². The van der Waals surface area contributed by atoms with E-state index in [1.54, 1.807) is 16.2 Å². The van der Waals surface area contributed by atoms with Crippen LogP contribution in [-0.2, 0) is 4.79 Å². The summed E-state index contributed by atoms with van der Waals surface area (Å²) in [5.41, 5.74) is 3.47. The molecule has 4 aromatic rings. The van der Waals surface area contributed by atoms with E-state index >= 15 is 0 Å². The molecule has 8 heteroatoms. The second-order valence-electron chi connectivity index (χ2n) is 7.35. The molecular formula is C23H18N4OS3. The van der Waals surface area contributed by atoms with Gasteiger partial charge in [0.05, 0.1) is 20.8 Å². The molecule has 154 valence electrons. The van der Waals surface area contributed by atoms with Gasteiger partial charge in [-0.2, -0.15) is 5.10 Å². The molecule has 1 amide bonds. The first-order valence-electron chi connectivity index (χ1n) is 9.79. The Morgan fingerprint density at radius 2 is 1.81 bits per heavy atom. The molecule has 0 atom stereocenters. The van der Waals surface area contributed by atoms with Crippen molar-refractivity contribution < 1.29 is 4.79 Å². The predicted molar refractivity (Wildman–Crippen MR) is 132 cm³/mol. The zero-order valence-corrected chi connectivity index (χ0v) is 19.3. The van der Waals surface area contributed by atoms with Crippen LogP contribution in [-0.4, -0.2) is 35.9 Å². The van der Waals surface area contributed by atoms with Crippen molar-refractivity contribution in [3.63, 3.8) is 0 Å². The summed E-state index contributed by atoms with van der Waals surface area (Å²) in [6, 6.07) is 18.0. The van der Waals surface area contributed by atoms with Crippen molar-refractivity contribution in [3.8, 4) is 16.4 Å². The summed E-state index contributed by atoms with van der Waals surface area (Å²) in [5.74, 6) is -0.0623. The van der Waals surface area contributed by atoms with Crippen LogP contribution < -0.4 is 0 Å². The van der Waals surface area contributed by atoms with Crippen LogP contribution in [0.25, 0.3) is 32.7 Å². The Balaban J connectivity index is 1.64. The summed E-state index contributed by atoms with van der Waals surface area (Å²) in [4.78, 5) is 20.0. The van der Waals surface area contributed by atoms with Crippen LogP contribution in [0.2, 0.25) is 0 Å². The van der Waals surface area contributed by atoms with Crippen molar-refractivity contribution in [2.75, 3.05) is 0 Å². The van der Waals surface area contributed by atoms with Gasteiger partial charge in [0.15, 0.2) is 0 Å². The van der Waals surface area contributed by atoms with Crippen molar-refractivity contribution in [2.45, 2.75) is 19.9 Å². The molecule has 2 aromatic carbocycles. The Hall–Kier alpha value is -2.81. The Morgan fingerprint density at radius 3 is 2.52 bits per heavy atom. The maximum Gasteiger partial charge on any atom is 0.266 e. The number of benzene rings is 2. The maximum atomic E-state index is 12.9. The summed E-state index contributed by atoms with van der Waals surface area (Å²) in [7, 11) is 0. The number of thiazole rings is 1. The summed E-state index contributed by atoms with van der Waals surface area (Å²) in [5, 5.41) is 5.66. The number of aromatic nitrogens is 3. The molecule has 1 fully saturated rings. The van der Waals surface area contributed by atoms with Gasteiger partial charge in [-0.15, -0.1) is 11.3 Å². The zero-order chi connectivity index (χ0) is 21.5. The third kappa shape index (κ3) is 3.71. The molecule has 0 unspecified atom stereocenters. The molecule has 1 aliphatic rings. The van der Waals surface area contributed by atoms with E-state index in [-0.39, 0.29) is 11.9 Å².